The van der Waals surface area contributed by atoms with Gasteiger partial charge in [-0.3, -0.25) is 4.39 Å². The highest BCUT2D eigenvalue weighted by Crippen LogP contribution is 2.56. The predicted molar refractivity (Wildman–Crippen MR) is 83.9 cm³/mol. The molecule has 1 heterocycles. The minimum absolute atomic E-state index is 0.108. The van der Waals surface area contributed by atoms with Gasteiger partial charge in [-0.25, -0.2) is 0 Å². The summed E-state index contributed by atoms with van der Waals surface area (Å²) >= 11 is 0. The van der Waals surface area contributed by atoms with Crippen LogP contribution in [-0.4, -0.2) is 38.8 Å². The van der Waals surface area contributed by atoms with E-state index in [0.29, 0.717) is 0 Å². The summed E-state index contributed by atoms with van der Waals surface area (Å²) in [4.78, 5) is 2.32. The predicted octanol–water partition coefficient (Wildman–Crippen LogP) is 3.84. The zero-order chi connectivity index (χ0) is 14.9. The number of likely N-dealkylation sites (N-methyl/N-ethyl adjacent to an activating group) is 1. The second kappa shape index (κ2) is 5.90. The lowest BCUT2D eigenvalue weighted by molar-refractivity contribution is 0.0271. The molecule has 0 radical (unpaired) electrons. The molecule has 0 amide bonds. The fraction of sp³-hybridized carbons (Fsp3) is 0.556. The lowest BCUT2D eigenvalue weighted by Crippen LogP contribution is -2.23. The largest absolute Gasteiger partial charge is 0.376 e. The van der Waals surface area contributed by atoms with E-state index in [1.807, 2.05) is 0 Å². The molecule has 1 unspecified atom stereocenters. The van der Waals surface area contributed by atoms with Crippen LogP contribution in [0.1, 0.15) is 36.5 Å². The minimum atomic E-state index is -0.287. The first kappa shape index (κ1) is 14.7. The molecule has 1 aliphatic carbocycles. The summed E-state index contributed by atoms with van der Waals surface area (Å²) in [6.45, 7) is 1.84. The van der Waals surface area contributed by atoms with Gasteiger partial charge in [-0.1, -0.05) is 30.3 Å². The van der Waals surface area contributed by atoms with Crippen molar-refractivity contribution in [2.45, 2.75) is 25.4 Å². The molecule has 114 valence electrons. The van der Waals surface area contributed by atoms with E-state index in [2.05, 4.69) is 42.3 Å². The summed E-state index contributed by atoms with van der Waals surface area (Å²) < 4.78 is 18.9. The molecule has 1 saturated carbocycles. The van der Waals surface area contributed by atoms with Gasteiger partial charge in [-0.05, 0) is 43.0 Å². The van der Waals surface area contributed by atoms with Gasteiger partial charge in [-0.15, -0.1) is 0 Å². The number of alkyl halides is 1. The van der Waals surface area contributed by atoms with Crippen molar-refractivity contribution in [3.63, 3.8) is 0 Å². The molecule has 2 aliphatic rings. The fourth-order valence-corrected chi connectivity index (χ4v) is 3.27. The lowest BCUT2D eigenvalue weighted by atomic mass is 9.91. The zero-order valence-electron chi connectivity index (χ0n) is 12.9. The Hall–Kier alpha value is -1.19. The Balaban J connectivity index is 1.78. The van der Waals surface area contributed by atoms with E-state index >= 15 is 0 Å². The third-order valence-corrected chi connectivity index (χ3v) is 4.95. The van der Waals surface area contributed by atoms with Gasteiger partial charge in [0.15, 0.2) is 0 Å². The summed E-state index contributed by atoms with van der Waals surface area (Å²) in [6, 6.07) is 8.54. The normalized spacial score (nSPS) is 22.7. The van der Waals surface area contributed by atoms with Crippen LogP contribution >= 0.6 is 0 Å². The highest BCUT2D eigenvalue weighted by molar-refractivity contribution is 5.66. The number of rotatable bonds is 5. The first-order valence-electron chi connectivity index (χ1n) is 7.75. The smallest absolute Gasteiger partial charge is 0.0978 e. The fourth-order valence-electron chi connectivity index (χ4n) is 3.27. The highest BCUT2D eigenvalue weighted by Gasteiger charge is 2.50. The molecule has 1 aromatic rings. The Labute approximate surface area is 126 Å². The maximum absolute atomic E-state index is 13.3. The molecule has 0 spiro atoms. The van der Waals surface area contributed by atoms with Crippen molar-refractivity contribution in [2.75, 3.05) is 33.9 Å². The van der Waals surface area contributed by atoms with Crippen molar-refractivity contribution < 1.29 is 9.13 Å². The summed E-state index contributed by atoms with van der Waals surface area (Å²) in [5, 5.41) is 0. The van der Waals surface area contributed by atoms with E-state index in [1.165, 1.54) is 11.1 Å². The third kappa shape index (κ3) is 2.90. The molecule has 1 aliphatic heterocycles. The Kier molecular flexibility index (Phi) is 4.14. The number of methoxy groups -OCH3 is 1. The molecule has 21 heavy (non-hydrogen) atoms. The molecular weight excluding hydrogens is 265 g/mol. The van der Waals surface area contributed by atoms with Crippen molar-refractivity contribution in [3.8, 4) is 0 Å². The van der Waals surface area contributed by atoms with Gasteiger partial charge in [0.25, 0.3) is 0 Å². The van der Waals surface area contributed by atoms with E-state index in [9.17, 15) is 4.39 Å². The summed E-state index contributed by atoms with van der Waals surface area (Å²) in [7, 11) is 3.83. The topological polar surface area (TPSA) is 12.5 Å². The molecule has 1 atom stereocenters. The minimum Gasteiger partial charge on any atom is -0.376 e. The first-order chi connectivity index (χ1) is 10.2. The second-order valence-electron chi connectivity index (χ2n) is 6.48. The van der Waals surface area contributed by atoms with E-state index in [-0.39, 0.29) is 18.2 Å². The number of hydrogen-bond donors (Lipinski definition) is 0. The van der Waals surface area contributed by atoms with Crippen molar-refractivity contribution in [2.24, 2.45) is 5.41 Å². The number of hydrogen-bond acceptors (Lipinski definition) is 2. The molecule has 0 aromatic heterocycles. The average molecular weight is 289 g/mol. The molecule has 3 rings (SSSR count). The molecule has 0 bridgehead atoms. The summed E-state index contributed by atoms with van der Waals surface area (Å²) in [5.41, 5.74) is 3.54. The number of halogens is 1. The molecule has 0 N–H and O–H groups in total. The number of ether oxygens (including phenoxy) is 1. The lowest BCUT2D eigenvalue weighted by Gasteiger charge is -2.25. The molecule has 1 fully saturated rings. The summed E-state index contributed by atoms with van der Waals surface area (Å²) in [6.07, 6.45) is 5.15. The Morgan fingerprint density at radius 2 is 2.00 bits per heavy atom. The maximum atomic E-state index is 13.3. The van der Waals surface area contributed by atoms with Crippen LogP contribution in [0.3, 0.4) is 0 Å². The van der Waals surface area contributed by atoms with Gasteiger partial charge in [0.2, 0.25) is 0 Å². The van der Waals surface area contributed by atoms with E-state index in [4.69, 9.17) is 4.74 Å². The monoisotopic (exact) mass is 289 g/mol. The van der Waals surface area contributed by atoms with Crippen molar-refractivity contribution >= 4 is 5.57 Å². The third-order valence-electron chi connectivity index (χ3n) is 4.95. The summed E-state index contributed by atoms with van der Waals surface area (Å²) in [5.74, 6) is 0. The second-order valence-corrected chi connectivity index (χ2v) is 6.48. The number of benzene rings is 1. The van der Waals surface area contributed by atoms with Gasteiger partial charge in [0, 0.05) is 25.6 Å². The molecule has 0 saturated heterocycles. The van der Waals surface area contributed by atoms with Crippen LogP contribution in [0, 0.1) is 5.41 Å². The van der Waals surface area contributed by atoms with Gasteiger partial charge >= 0.3 is 0 Å². The van der Waals surface area contributed by atoms with Crippen LogP contribution in [0.4, 0.5) is 4.39 Å². The molecule has 2 nitrogen and oxygen atoms in total. The van der Waals surface area contributed by atoms with E-state index in [1.54, 1.807) is 7.11 Å². The van der Waals surface area contributed by atoms with Crippen LogP contribution in [0.15, 0.2) is 30.3 Å². The van der Waals surface area contributed by atoms with Crippen molar-refractivity contribution in [1.82, 2.24) is 4.90 Å². The molecular formula is C18H24FNO. The van der Waals surface area contributed by atoms with Gasteiger partial charge < -0.3 is 9.64 Å². The zero-order valence-corrected chi connectivity index (χ0v) is 12.9. The standard InChI is InChI=1S/C18H24FNO/c1-20-11-7-15(8-12-20)14-3-5-16(6-4-14)17(21-2)18(13-19)9-10-18/h3-7,17H,8-13H2,1-2H3. The van der Waals surface area contributed by atoms with Crippen LogP contribution in [0.5, 0.6) is 0 Å². The van der Waals surface area contributed by atoms with Crippen LogP contribution in [-0.2, 0) is 4.74 Å². The number of nitrogens with zero attached hydrogens (tertiary/aromatic N) is 1. The van der Waals surface area contributed by atoms with Crippen molar-refractivity contribution in [3.05, 3.63) is 41.5 Å². The van der Waals surface area contributed by atoms with Gasteiger partial charge in [-0.2, -0.15) is 0 Å². The highest BCUT2D eigenvalue weighted by atomic mass is 19.1. The van der Waals surface area contributed by atoms with Crippen LogP contribution < -0.4 is 0 Å². The Bertz CT molecular complexity index is 519. The Morgan fingerprint density at radius 1 is 1.29 bits per heavy atom. The van der Waals surface area contributed by atoms with Crippen LogP contribution in [0.25, 0.3) is 5.57 Å². The Morgan fingerprint density at radius 3 is 2.48 bits per heavy atom. The first-order valence-corrected chi connectivity index (χ1v) is 7.75. The maximum Gasteiger partial charge on any atom is 0.0978 e. The van der Waals surface area contributed by atoms with Gasteiger partial charge in [0.05, 0.1) is 12.8 Å². The quantitative estimate of drug-likeness (QED) is 0.816. The van der Waals surface area contributed by atoms with Gasteiger partial charge in [0.1, 0.15) is 0 Å². The van der Waals surface area contributed by atoms with E-state index in [0.717, 1.165) is 37.9 Å². The van der Waals surface area contributed by atoms with Crippen LogP contribution in [0.2, 0.25) is 0 Å². The molecule has 3 heteroatoms. The van der Waals surface area contributed by atoms with Crippen molar-refractivity contribution in [1.29, 1.82) is 0 Å². The van der Waals surface area contributed by atoms with E-state index < -0.39 is 0 Å². The molecule has 1 aromatic carbocycles. The average Bonchev–Trinajstić information content (AvgIpc) is 3.31. The SMILES string of the molecule is COC(c1ccc(C2=CCN(C)CC2)cc1)C1(CF)CC1.